The lowest BCUT2D eigenvalue weighted by molar-refractivity contribution is -0.384. The Kier molecular flexibility index (Phi) is 7.11. The molecule has 1 fully saturated rings. The third-order valence-corrected chi connectivity index (χ3v) is 6.57. The van der Waals surface area contributed by atoms with Gasteiger partial charge in [0.2, 0.25) is 0 Å². The van der Waals surface area contributed by atoms with Gasteiger partial charge in [-0.3, -0.25) is 19.6 Å². The molecular weight excluding hydrogens is 420 g/mol. The largest absolute Gasteiger partial charge is 0.381 e. The van der Waals surface area contributed by atoms with Crippen molar-refractivity contribution in [3.05, 3.63) is 58.1 Å². The zero-order valence-electron chi connectivity index (χ0n) is 17.3. The van der Waals surface area contributed by atoms with Crippen molar-refractivity contribution in [3.63, 3.8) is 0 Å². The molecule has 1 amide bonds. The number of hydrogen-bond donors (Lipinski definition) is 3. The van der Waals surface area contributed by atoms with Gasteiger partial charge >= 0.3 is 0 Å². The maximum absolute atomic E-state index is 12.9. The summed E-state index contributed by atoms with van der Waals surface area (Å²) in [5.41, 5.74) is 0.979. The van der Waals surface area contributed by atoms with E-state index in [2.05, 4.69) is 15.4 Å². The molecular formula is C21H26N4O5S. The Morgan fingerprint density at radius 2 is 1.74 bits per heavy atom. The lowest BCUT2D eigenvalue weighted by Gasteiger charge is -2.25. The number of nitro groups is 1. The number of nitrogens with zero attached hydrogens (tertiary/aromatic N) is 1. The first-order chi connectivity index (χ1) is 14.8. The van der Waals surface area contributed by atoms with Gasteiger partial charge in [0.1, 0.15) is 0 Å². The summed E-state index contributed by atoms with van der Waals surface area (Å²) in [7, 11) is -4.02. The number of sulfonamides is 1. The van der Waals surface area contributed by atoms with Crippen molar-refractivity contribution in [2.75, 3.05) is 16.6 Å². The first-order valence-electron chi connectivity index (χ1n) is 10.3. The average molecular weight is 447 g/mol. The van der Waals surface area contributed by atoms with Crippen LogP contribution in [0.2, 0.25) is 0 Å². The van der Waals surface area contributed by atoms with Crippen LogP contribution in [0.3, 0.4) is 0 Å². The Bertz CT molecular complexity index is 1050. The van der Waals surface area contributed by atoms with E-state index in [0.717, 1.165) is 37.8 Å². The van der Waals surface area contributed by atoms with E-state index >= 15 is 0 Å². The zero-order chi connectivity index (χ0) is 22.4. The van der Waals surface area contributed by atoms with Gasteiger partial charge in [-0.15, -0.1) is 0 Å². The van der Waals surface area contributed by atoms with Crippen LogP contribution < -0.4 is 15.4 Å². The van der Waals surface area contributed by atoms with E-state index in [9.17, 15) is 23.3 Å². The topological polar surface area (TPSA) is 130 Å². The fourth-order valence-electron chi connectivity index (χ4n) is 3.58. The van der Waals surface area contributed by atoms with E-state index in [4.69, 9.17) is 0 Å². The number of carbonyl (C=O) groups is 1. The molecule has 1 saturated carbocycles. The molecule has 0 heterocycles. The number of non-ortho nitro benzene ring substituents is 1. The Morgan fingerprint density at radius 3 is 2.35 bits per heavy atom. The summed E-state index contributed by atoms with van der Waals surface area (Å²) >= 11 is 0. The van der Waals surface area contributed by atoms with Crippen molar-refractivity contribution in [1.82, 2.24) is 5.32 Å². The molecule has 3 rings (SSSR count). The van der Waals surface area contributed by atoms with Crippen molar-refractivity contribution in [2.24, 2.45) is 0 Å². The van der Waals surface area contributed by atoms with Crippen LogP contribution in [0.5, 0.6) is 0 Å². The number of carbonyl (C=O) groups excluding carboxylic acids is 1. The Hall–Kier alpha value is -3.14. The fourth-order valence-corrected chi connectivity index (χ4v) is 4.65. The van der Waals surface area contributed by atoms with Gasteiger partial charge in [-0.1, -0.05) is 19.3 Å². The molecule has 0 atom stereocenters. The quantitative estimate of drug-likeness (QED) is 0.416. The highest BCUT2D eigenvalue weighted by Crippen LogP contribution is 2.30. The van der Waals surface area contributed by atoms with E-state index in [-0.39, 0.29) is 28.2 Å². The molecule has 0 spiro atoms. The molecule has 0 unspecified atom stereocenters. The van der Waals surface area contributed by atoms with Crippen molar-refractivity contribution in [2.45, 2.75) is 50.0 Å². The third kappa shape index (κ3) is 5.72. The Labute approximate surface area is 181 Å². The minimum absolute atomic E-state index is 0.106. The predicted molar refractivity (Wildman–Crippen MR) is 119 cm³/mol. The summed E-state index contributed by atoms with van der Waals surface area (Å²) in [6, 6.07) is 9.73. The molecule has 2 aromatic carbocycles. The van der Waals surface area contributed by atoms with Crippen molar-refractivity contribution in [3.8, 4) is 0 Å². The van der Waals surface area contributed by atoms with E-state index < -0.39 is 14.9 Å². The van der Waals surface area contributed by atoms with E-state index in [1.165, 1.54) is 24.6 Å². The van der Waals surface area contributed by atoms with Gasteiger partial charge in [-0.25, -0.2) is 8.42 Å². The molecule has 0 bridgehead atoms. The standard InChI is InChI=1S/C21H26N4O5S/c1-2-22-21(26)15-8-13-19(23-16-6-4-3-5-7-16)20(14-15)24-31(29,30)18-11-9-17(10-12-18)25(27)28/h8-14,16,23-24H,2-7H2,1H3,(H,22,26). The highest BCUT2D eigenvalue weighted by molar-refractivity contribution is 7.92. The lowest BCUT2D eigenvalue weighted by Crippen LogP contribution is -2.25. The van der Waals surface area contributed by atoms with Gasteiger partial charge in [-0.05, 0) is 50.1 Å². The van der Waals surface area contributed by atoms with Crippen LogP contribution in [0.4, 0.5) is 17.1 Å². The maximum atomic E-state index is 12.9. The number of anilines is 2. The molecule has 9 nitrogen and oxygen atoms in total. The van der Waals surface area contributed by atoms with Crippen LogP contribution in [0.25, 0.3) is 0 Å². The second kappa shape index (κ2) is 9.78. The Balaban J connectivity index is 1.92. The monoisotopic (exact) mass is 446 g/mol. The normalized spacial score (nSPS) is 14.6. The van der Waals surface area contributed by atoms with Crippen LogP contribution in [0.1, 0.15) is 49.4 Å². The second-order valence-electron chi connectivity index (χ2n) is 7.46. The molecule has 2 aromatic rings. The molecule has 31 heavy (non-hydrogen) atoms. The van der Waals surface area contributed by atoms with E-state index in [1.807, 2.05) is 0 Å². The minimum Gasteiger partial charge on any atom is -0.381 e. The first kappa shape index (κ1) is 22.5. The van der Waals surface area contributed by atoms with Gasteiger partial charge < -0.3 is 10.6 Å². The summed E-state index contributed by atoms with van der Waals surface area (Å²) in [5, 5.41) is 16.9. The summed E-state index contributed by atoms with van der Waals surface area (Å²) in [6.45, 7) is 2.25. The summed E-state index contributed by atoms with van der Waals surface area (Å²) in [4.78, 5) is 22.4. The van der Waals surface area contributed by atoms with Crippen LogP contribution in [0.15, 0.2) is 47.4 Å². The number of rotatable bonds is 8. The maximum Gasteiger partial charge on any atom is 0.269 e. The van der Waals surface area contributed by atoms with Gasteiger partial charge in [0.15, 0.2) is 0 Å². The highest BCUT2D eigenvalue weighted by atomic mass is 32.2. The average Bonchev–Trinajstić information content (AvgIpc) is 2.75. The molecule has 0 aliphatic heterocycles. The van der Waals surface area contributed by atoms with Crippen LogP contribution >= 0.6 is 0 Å². The smallest absolute Gasteiger partial charge is 0.269 e. The number of nitrogens with one attached hydrogen (secondary N) is 3. The van der Waals surface area contributed by atoms with Crippen molar-refractivity contribution < 1.29 is 18.1 Å². The summed E-state index contributed by atoms with van der Waals surface area (Å²) < 4.78 is 28.4. The molecule has 1 aliphatic rings. The lowest BCUT2D eigenvalue weighted by atomic mass is 9.95. The van der Waals surface area contributed by atoms with E-state index in [0.29, 0.717) is 17.8 Å². The third-order valence-electron chi connectivity index (χ3n) is 5.19. The summed E-state index contributed by atoms with van der Waals surface area (Å²) in [5.74, 6) is -0.303. The molecule has 0 radical (unpaired) electrons. The van der Waals surface area contributed by atoms with Gasteiger partial charge in [-0.2, -0.15) is 0 Å². The van der Waals surface area contributed by atoms with Gasteiger partial charge in [0.05, 0.1) is 21.2 Å². The molecule has 10 heteroatoms. The predicted octanol–water partition coefficient (Wildman–Crippen LogP) is 3.89. The molecule has 0 aromatic heterocycles. The first-order valence-corrected chi connectivity index (χ1v) is 11.7. The molecule has 1 aliphatic carbocycles. The molecule has 3 N–H and O–H groups in total. The van der Waals surface area contributed by atoms with Crippen molar-refractivity contribution in [1.29, 1.82) is 0 Å². The molecule has 0 saturated heterocycles. The SMILES string of the molecule is CCNC(=O)c1ccc(NC2CCCCC2)c(NS(=O)(=O)c2ccc([N+](=O)[O-])cc2)c1. The van der Waals surface area contributed by atoms with Gasteiger partial charge in [0.25, 0.3) is 21.6 Å². The number of amides is 1. The van der Waals surface area contributed by atoms with Crippen LogP contribution in [-0.4, -0.2) is 31.8 Å². The zero-order valence-corrected chi connectivity index (χ0v) is 18.1. The Morgan fingerprint density at radius 1 is 1.06 bits per heavy atom. The minimum atomic E-state index is -4.02. The number of hydrogen-bond acceptors (Lipinski definition) is 6. The number of benzene rings is 2. The van der Waals surface area contributed by atoms with Crippen LogP contribution in [-0.2, 0) is 10.0 Å². The number of nitro benzene ring substituents is 1. The highest BCUT2D eigenvalue weighted by Gasteiger charge is 2.21. The van der Waals surface area contributed by atoms with Gasteiger partial charge in [0, 0.05) is 30.3 Å². The van der Waals surface area contributed by atoms with E-state index in [1.54, 1.807) is 19.1 Å². The van der Waals surface area contributed by atoms with Crippen LogP contribution in [0, 0.1) is 10.1 Å². The fraction of sp³-hybridized carbons (Fsp3) is 0.381. The molecule has 166 valence electrons. The summed E-state index contributed by atoms with van der Waals surface area (Å²) in [6.07, 6.45) is 5.39. The second-order valence-corrected chi connectivity index (χ2v) is 9.14. The van der Waals surface area contributed by atoms with Crippen molar-refractivity contribution >= 4 is 33.0 Å².